The van der Waals surface area contributed by atoms with E-state index in [4.69, 9.17) is 23.2 Å². The lowest BCUT2D eigenvalue weighted by Gasteiger charge is -2.10. The number of anilines is 2. The van der Waals surface area contributed by atoms with E-state index in [1.54, 1.807) is 30.3 Å². The van der Waals surface area contributed by atoms with Gasteiger partial charge in [0.1, 0.15) is 0 Å². The van der Waals surface area contributed by atoms with Crippen molar-refractivity contribution < 1.29 is 9.59 Å². The number of aryl methyl sites for hydroxylation is 2. The van der Waals surface area contributed by atoms with Crippen molar-refractivity contribution in [3.63, 3.8) is 0 Å². The average Bonchev–Trinajstić information content (AvgIpc) is 3.34. The normalized spacial score (nSPS) is 18.6. The summed E-state index contributed by atoms with van der Waals surface area (Å²) in [6.07, 6.45) is 0.546. The van der Waals surface area contributed by atoms with Crippen molar-refractivity contribution in [2.45, 2.75) is 20.3 Å². The summed E-state index contributed by atoms with van der Waals surface area (Å²) in [7, 11) is 0. The number of carbonyl (C=O) groups excluding carboxylic acids is 2. The van der Waals surface area contributed by atoms with Crippen LogP contribution in [0.4, 0.5) is 11.4 Å². The van der Waals surface area contributed by atoms with E-state index in [9.17, 15) is 9.59 Å². The quantitative estimate of drug-likeness (QED) is 0.802. The number of rotatable bonds is 4. The molecule has 130 valence electrons. The van der Waals surface area contributed by atoms with Gasteiger partial charge in [-0.05, 0) is 61.7 Å². The van der Waals surface area contributed by atoms with E-state index in [1.165, 1.54) is 0 Å². The van der Waals surface area contributed by atoms with Gasteiger partial charge in [-0.1, -0.05) is 29.3 Å². The predicted molar refractivity (Wildman–Crippen MR) is 101 cm³/mol. The predicted octanol–water partition coefficient (Wildman–Crippen LogP) is 4.82. The summed E-state index contributed by atoms with van der Waals surface area (Å²) in [5.41, 5.74) is 3.21. The number of amides is 2. The largest absolute Gasteiger partial charge is 0.326 e. The molecule has 0 aromatic heterocycles. The first-order valence-corrected chi connectivity index (χ1v) is 8.75. The minimum Gasteiger partial charge on any atom is -0.326 e. The van der Waals surface area contributed by atoms with Crippen LogP contribution >= 0.6 is 23.2 Å². The molecule has 0 aliphatic heterocycles. The lowest BCUT2D eigenvalue weighted by Crippen LogP contribution is -2.21. The van der Waals surface area contributed by atoms with Crippen LogP contribution in [0.15, 0.2) is 36.4 Å². The first-order chi connectivity index (χ1) is 11.8. The maximum atomic E-state index is 12.4. The van der Waals surface area contributed by atoms with Crippen molar-refractivity contribution in [1.82, 2.24) is 0 Å². The van der Waals surface area contributed by atoms with Gasteiger partial charge in [-0.25, -0.2) is 0 Å². The maximum absolute atomic E-state index is 12.4. The first kappa shape index (κ1) is 17.8. The van der Waals surface area contributed by atoms with E-state index in [2.05, 4.69) is 10.6 Å². The molecule has 0 saturated heterocycles. The highest BCUT2D eigenvalue weighted by molar-refractivity contribution is 6.31. The summed E-state index contributed by atoms with van der Waals surface area (Å²) in [5.74, 6) is -0.924. The van der Waals surface area contributed by atoms with Gasteiger partial charge >= 0.3 is 0 Å². The smallest absolute Gasteiger partial charge is 0.228 e. The Morgan fingerprint density at radius 1 is 0.840 bits per heavy atom. The molecule has 25 heavy (non-hydrogen) atoms. The molecule has 0 heterocycles. The van der Waals surface area contributed by atoms with Gasteiger partial charge in [0.05, 0.1) is 11.8 Å². The minimum absolute atomic E-state index is 0.145. The van der Waals surface area contributed by atoms with Crippen LogP contribution in [0.2, 0.25) is 10.0 Å². The monoisotopic (exact) mass is 376 g/mol. The summed E-state index contributed by atoms with van der Waals surface area (Å²) < 4.78 is 0. The molecule has 0 bridgehead atoms. The van der Waals surface area contributed by atoms with E-state index in [1.807, 2.05) is 19.9 Å². The zero-order valence-corrected chi connectivity index (χ0v) is 15.4. The Morgan fingerprint density at radius 3 is 2.04 bits per heavy atom. The van der Waals surface area contributed by atoms with Crippen LogP contribution in [0, 0.1) is 25.7 Å². The van der Waals surface area contributed by atoms with Crippen molar-refractivity contribution in [3.8, 4) is 0 Å². The van der Waals surface area contributed by atoms with Crippen molar-refractivity contribution >= 4 is 46.4 Å². The van der Waals surface area contributed by atoms with Crippen molar-refractivity contribution in [2.24, 2.45) is 11.8 Å². The molecule has 2 unspecified atom stereocenters. The molecule has 1 aliphatic carbocycles. The Bertz CT molecular complexity index is 851. The van der Waals surface area contributed by atoms with Crippen LogP contribution in [0.25, 0.3) is 0 Å². The summed E-state index contributed by atoms with van der Waals surface area (Å²) in [6.45, 7) is 3.77. The highest BCUT2D eigenvalue weighted by Gasteiger charge is 2.48. The minimum atomic E-state index is -0.314. The van der Waals surface area contributed by atoms with Gasteiger partial charge in [-0.2, -0.15) is 0 Å². The third kappa shape index (κ3) is 4.14. The highest BCUT2D eigenvalue weighted by atomic mass is 35.5. The molecule has 2 atom stereocenters. The zero-order valence-electron chi connectivity index (χ0n) is 13.9. The SMILES string of the molecule is Cc1cc(Cl)ccc1NC(=O)C1CC1C(=O)Nc1cc(Cl)ccc1C. The molecule has 1 aliphatic rings. The fraction of sp³-hybridized carbons (Fsp3) is 0.263. The van der Waals surface area contributed by atoms with E-state index < -0.39 is 0 Å². The van der Waals surface area contributed by atoms with Crippen molar-refractivity contribution in [2.75, 3.05) is 10.6 Å². The topological polar surface area (TPSA) is 58.2 Å². The van der Waals surface area contributed by atoms with Crippen LogP contribution in [0.3, 0.4) is 0 Å². The first-order valence-electron chi connectivity index (χ1n) is 7.99. The molecule has 2 amide bonds. The van der Waals surface area contributed by atoms with Gasteiger partial charge in [0, 0.05) is 21.4 Å². The highest BCUT2D eigenvalue weighted by Crippen LogP contribution is 2.40. The average molecular weight is 377 g/mol. The molecular weight excluding hydrogens is 359 g/mol. The number of hydrogen-bond donors (Lipinski definition) is 2. The van der Waals surface area contributed by atoms with Crippen LogP contribution < -0.4 is 10.6 Å². The van der Waals surface area contributed by atoms with Gasteiger partial charge in [0.15, 0.2) is 0 Å². The van der Waals surface area contributed by atoms with Crippen LogP contribution in [-0.4, -0.2) is 11.8 Å². The molecule has 1 fully saturated rings. The van der Waals surface area contributed by atoms with Gasteiger partial charge in [-0.15, -0.1) is 0 Å². The van der Waals surface area contributed by atoms with E-state index in [0.717, 1.165) is 11.1 Å². The van der Waals surface area contributed by atoms with Gasteiger partial charge in [0.2, 0.25) is 11.8 Å². The Balaban J connectivity index is 1.60. The van der Waals surface area contributed by atoms with E-state index in [-0.39, 0.29) is 23.7 Å². The number of carbonyl (C=O) groups is 2. The third-order valence-corrected chi connectivity index (χ3v) is 4.84. The Hall–Kier alpha value is -2.04. The standard InChI is InChI=1S/C19H18Cl2N2O2/c1-10-3-4-13(21)8-17(10)23-19(25)15-9-14(15)18(24)22-16-6-5-12(20)7-11(16)2/h3-8,14-15H,9H2,1-2H3,(H,22,24)(H,23,25). The summed E-state index contributed by atoms with van der Waals surface area (Å²) in [6, 6.07) is 10.6. The van der Waals surface area contributed by atoms with Crippen LogP contribution in [0.5, 0.6) is 0 Å². The summed E-state index contributed by atoms with van der Waals surface area (Å²) in [4.78, 5) is 24.7. The molecule has 0 spiro atoms. The maximum Gasteiger partial charge on any atom is 0.228 e. The Kier molecular flexibility index (Phi) is 5.02. The zero-order chi connectivity index (χ0) is 18.1. The number of nitrogens with one attached hydrogen (secondary N) is 2. The fourth-order valence-corrected chi connectivity index (χ4v) is 3.12. The molecule has 2 aromatic carbocycles. The van der Waals surface area contributed by atoms with Gasteiger partial charge < -0.3 is 10.6 Å². The van der Waals surface area contributed by atoms with Crippen LogP contribution in [0.1, 0.15) is 17.5 Å². The second-order valence-corrected chi connectivity index (χ2v) is 7.22. The molecule has 2 aromatic rings. The lowest BCUT2D eigenvalue weighted by molar-refractivity contribution is -0.122. The molecule has 4 nitrogen and oxygen atoms in total. The van der Waals surface area contributed by atoms with Crippen LogP contribution in [-0.2, 0) is 9.59 Å². The number of hydrogen-bond acceptors (Lipinski definition) is 2. The Labute approximate surface area is 156 Å². The van der Waals surface area contributed by atoms with E-state index in [0.29, 0.717) is 27.8 Å². The molecule has 1 saturated carbocycles. The molecular formula is C19H18Cl2N2O2. The van der Waals surface area contributed by atoms with Crippen molar-refractivity contribution in [1.29, 1.82) is 0 Å². The molecule has 0 radical (unpaired) electrons. The van der Waals surface area contributed by atoms with Gasteiger partial charge in [0.25, 0.3) is 0 Å². The number of benzene rings is 2. The molecule has 2 N–H and O–H groups in total. The summed E-state index contributed by atoms with van der Waals surface area (Å²) >= 11 is 11.9. The third-order valence-electron chi connectivity index (χ3n) is 4.37. The Morgan fingerprint density at radius 2 is 1.40 bits per heavy atom. The van der Waals surface area contributed by atoms with E-state index >= 15 is 0 Å². The van der Waals surface area contributed by atoms with Crippen molar-refractivity contribution in [3.05, 3.63) is 57.6 Å². The fourth-order valence-electron chi connectivity index (χ4n) is 2.72. The number of halogens is 2. The van der Waals surface area contributed by atoms with Gasteiger partial charge in [-0.3, -0.25) is 9.59 Å². The second-order valence-electron chi connectivity index (χ2n) is 6.35. The molecule has 6 heteroatoms. The molecule has 3 rings (SSSR count). The lowest BCUT2D eigenvalue weighted by atomic mass is 10.2. The summed E-state index contributed by atoms with van der Waals surface area (Å²) in [5, 5.41) is 6.91. The second kappa shape index (κ2) is 7.06.